The quantitative estimate of drug-likeness (QED) is 0.250. The van der Waals surface area contributed by atoms with Gasteiger partial charge >= 0.3 is 5.97 Å². The number of alkyl halides is 4. The van der Waals surface area contributed by atoms with E-state index in [4.69, 9.17) is 4.74 Å². The molecule has 0 aromatic heterocycles. The van der Waals surface area contributed by atoms with Gasteiger partial charge in [0, 0.05) is 43.3 Å². The first-order valence-electron chi connectivity index (χ1n) is 12.7. The van der Waals surface area contributed by atoms with Crippen molar-refractivity contribution in [2.24, 2.45) is 5.41 Å². The number of carboxylic acid groups (broad SMARTS) is 1. The molecular formula is C27H31F5N2O3S2. The second-order valence-electron chi connectivity index (χ2n) is 10.0. The largest absolute Gasteiger partial charge is 0.491 e. The molecule has 1 heterocycles. The number of carboxylic acids is 1. The summed E-state index contributed by atoms with van der Waals surface area (Å²) < 4.78 is 70.3. The number of hydrogen-bond donors (Lipinski definition) is 1. The molecule has 0 spiro atoms. The molecule has 0 saturated heterocycles. The Balaban J connectivity index is 0.000000648. The molecule has 0 bridgehead atoms. The molecule has 0 radical (unpaired) electrons. The van der Waals surface area contributed by atoms with Gasteiger partial charge in [0.05, 0.1) is 15.5 Å². The van der Waals surface area contributed by atoms with E-state index in [9.17, 15) is 31.9 Å². The summed E-state index contributed by atoms with van der Waals surface area (Å²) in [4.78, 5) is 15.3. The highest BCUT2D eigenvalue weighted by atomic mass is 32.2. The van der Waals surface area contributed by atoms with Gasteiger partial charge in [-0.05, 0) is 68.2 Å². The van der Waals surface area contributed by atoms with E-state index in [1.54, 1.807) is 24.1 Å². The maximum Gasteiger partial charge on any atom is 0.313 e. The van der Waals surface area contributed by atoms with Crippen molar-refractivity contribution < 1.29 is 36.6 Å². The number of likely N-dealkylation sites (N-methyl/N-ethyl adjacent to an activating group) is 1. The number of rotatable bonds is 8. The van der Waals surface area contributed by atoms with Crippen LogP contribution in [0.4, 0.5) is 33.3 Å². The van der Waals surface area contributed by atoms with Crippen molar-refractivity contribution in [2.75, 3.05) is 31.6 Å². The van der Waals surface area contributed by atoms with Crippen LogP contribution in [0.3, 0.4) is 0 Å². The predicted molar refractivity (Wildman–Crippen MR) is 143 cm³/mol. The van der Waals surface area contributed by atoms with Gasteiger partial charge in [0.1, 0.15) is 23.6 Å². The monoisotopic (exact) mass is 590 g/mol. The molecule has 2 aliphatic carbocycles. The Morgan fingerprint density at radius 3 is 2.36 bits per heavy atom. The second kappa shape index (κ2) is 12.1. The standard InChI is InChI=1S/C24H25F3N2O3S2.C3H6F2/c1-28-8-9-29(16-4-2-15(25)3-5-16)18-10-21(33-17-12-24(26,27)13-17)19(11-20(18)34-28)32-14-23(6-7-23)22(30)31;1-2-3(4)5/h2-5,10-11,17H,6-9,12-14H2,1H3,(H,30,31);3H,2H2,1H3. The normalized spacial score (nSPS) is 19.8. The lowest BCUT2D eigenvalue weighted by Gasteiger charge is -2.35. The van der Waals surface area contributed by atoms with E-state index < -0.39 is 23.7 Å². The Morgan fingerprint density at radius 1 is 1.18 bits per heavy atom. The first-order valence-corrected chi connectivity index (χ1v) is 14.4. The summed E-state index contributed by atoms with van der Waals surface area (Å²) in [5.41, 5.74) is 0.866. The van der Waals surface area contributed by atoms with Gasteiger partial charge in [-0.25, -0.2) is 26.3 Å². The molecule has 2 saturated carbocycles. The van der Waals surface area contributed by atoms with Gasteiger partial charge in [-0.3, -0.25) is 4.79 Å². The third-order valence-corrected chi connectivity index (χ3v) is 9.07. The highest BCUT2D eigenvalue weighted by Gasteiger charge is 2.51. The number of anilines is 2. The molecule has 2 fully saturated rings. The van der Waals surface area contributed by atoms with Crippen LogP contribution in [0.25, 0.3) is 0 Å². The second-order valence-corrected chi connectivity index (χ2v) is 12.6. The number of benzene rings is 2. The van der Waals surface area contributed by atoms with E-state index in [-0.39, 0.29) is 36.9 Å². The third kappa shape index (κ3) is 7.52. The van der Waals surface area contributed by atoms with Crippen molar-refractivity contribution in [1.29, 1.82) is 0 Å². The van der Waals surface area contributed by atoms with Crippen LogP contribution in [0.5, 0.6) is 5.75 Å². The minimum absolute atomic E-state index is 0.0278. The summed E-state index contributed by atoms with van der Waals surface area (Å²) in [6, 6.07) is 10.1. The number of nitrogens with zero attached hydrogens (tertiary/aromatic N) is 2. The lowest BCUT2D eigenvalue weighted by Crippen LogP contribution is -2.37. The number of fused-ring (bicyclic) bond motifs is 1. The van der Waals surface area contributed by atoms with Gasteiger partial charge in [-0.15, -0.1) is 11.8 Å². The van der Waals surface area contributed by atoms with Gasteiger partial charge in [0.2, 0.25) is 12.3 Å². The van der Waals surface area contributed by atoms with Gasteiger partial charge < -0.3 is 14.7 Å². The summed E-state index contributed by atoms with van der Waals surface area (Å²) in [6.07, 6.45) is -1.38. The van der Waals surface area contributed by atoms with Crippen LogP contribution in [0, 0.1) is 11.2 Å². The van der Waals surface area contributed by atoms with Crippen molar-refractivity contribution in [1.82, 2.24) is 4.31 Å². The van der Waals surface area contributed by atoms with Crippen molar-refractivity contribution in [2.45, 2.75) is 66.4 Å². The van der Waals surface area contributed by atoms with Gasteiger partial charge in [0.25, 0.3) is 0 Å². The molecular weight excluding hydrogens is 559 g/mol. The van der Waals surface area contributed by atoms with E-state index in [0.717, 1.165) is 27.7 Å². The highest BCUT2D eigenvalue weighted by molar-refractivity contribution is 8.00. The van der Waals surface area contributed by atoms with E-state index >= 15 is 0 Å². The van der Waals surface area contributed by atoms with Crippen LogP contribution in [0.1, 0.15) is 39.0 Å². The molecule has 0 atom stereocenters. The van der Waals surface area contributed by atoms with E-state index in [2.05, 4.69) is 9.21 Å². The average Bonchev–Trinajstić information content (AvgIpc) is 3.67. The predicted octanol–water partition coefficient (Wildman–Crippen LogP) is 7.71. The zero-order chi connectivity index (χ0) is 28.4. The Morgan fingerprint density at radius 2 is 1.82 bits per heavy atom. The van der Waals surface area contributed by atoms with Gasteiger partial charge in [-0.1, -0.05) is 6.92 Å². The molecule has 0 amide bonds. The molecule has 1 aliphatic heterocycles. The number of carbonyl (C=O) groups is 1. The number of halogens is 5. The zero-order valence-corrected chi connectivity index (χ0v) is 23.3. The Hall–Kier alpha value is -2.18. The summed E-state index contributed by atoms with van der Waals surface area (Å²) in [7, 11) is 1.98. The molecule has 3 aliphatic rings. The summed E-state index contributed by atoms with van der Waals surface area (Å²) in [6.45, 7) is 2.91. The fourth-order valence-corrected chi connectivity index (χ4v) is 6.50. The average molecular weight is 591 g/mol. The third-order valence-electron chi connectivity index (χ3n) is 6.81. The van der Waals surface area contributed by atoms with E-state index in [1.165, 1.54) is 30.8 Å². The van der Waals surface area contributed by atoms with Gasteiger partial charge in [-0.2, -0.15) is 0 Å². The number of aliphatic carboxylic acids is 1. The maximum absolute atomic E-state index is 13.5. The van der Waals surface area contributed by atoms with Crippen molar-refractivity contribution in [3.05, 3.63) is 42.2 Å². The molecule has 5 rings (SSSR count). The first-order chi connectivity index (χ1) is 18.4. The van der Waals surface area contributed by atoms with E-state index in [0.29, 0.717) is 25.1 Å². The molecule has 1 N–H and O–H groups in total. The molecule has 2 aromatic carbocycles. The summed E-state index contributed by atoms with van der Waals surface area (Å²) >= 11 is 2.90. The maximum atomic E-state index is 13.5. The number of ether oxygens (including phenoxy) is 1. The van der Waals surface area contributed by atoms with Crippen molar-refractivity contribution >= 4 is 41.1 Å². The molecule has 0 unspecified atom stereocenters. The summed E-state index contributed by atoms with van der Waals surface area (Å²) in [5.74, 6) is -3.30. The fourth-order valence-electron chi connectivity index (χ4n) is 4.14. The zero-order valence-electron chi connectivity index (χ0n) is 21.6. The van der Waals surface area contributed by atoms with Crippen LogP contribution in [-0.4, -0.2) is 59.7 Å². The van der Waals surface area contributed by atoms with Crippen LogP contribution >= 0.6 is 23.7 Å². The number of hydrogen-bond acceptors (Lipinski definition) is 6. The smallest absolute Gasteiger partial charge is 0.313 e. The summed E-state index contributed by atoms with van der Waals surface area (Å²) in [5, 5.41) is 9.30. The van der Waals surface area contributed by atoms with Crippen LogP contribution in [0.15, 0.2) is 46.2 Å². The van der Waals surface area contributed by atoms with Crippen molar-refractivity contribution in [3.8, 4) is 5.75 Å². The number of thioether (sulfide) groups is 1. The molecule has 12 heteroatoms. The molecule has 5 nitrogen and oxygen atoms in total. The SMILES string of the molecule is CCC(F)F.CN1CCN(c2ccc(F)cc2)c2cc(SC3CC(F)(F)C3)c(OCC3(C(=O)O)CC3)cc2S1. The highest BCUT2D eigenvalue weighted by Crippen LogP contribution is 2.52. The fraction of sp³-hybridized carbons (Fsp3) is 0.519. The van der Waals surface area contributed by atoms with Gasteiger partial charge in [0.15, 0.2) is 0 Å². The molecule has 39 heavy (non-hydrogen) atoms. The minimum atomic E-state index is -2.63. The minimum Gasteiger partial charge on any atom is -0.491 e. The Labute approximate surface area is 233 Å². The van der Waals surface area contributed by atoms with Crippen molar-refractivity contribution in [3.63, 3.8) is 0 Å². The Bertz CT molecular complexity index is 1160. The van der Waals surface area contributed by atoms with Crippen LogP contribution in [0.2, 0.25) is 0 Å². The first kappa shape index (κ1) is 29.8. The van der Waals surface area contributed by atoms with Crippen LogP contribution in [-0.2, 0) is 4.79 Å². The topological polar surface area (TPSA) is 53.0 Å². The van der Waals surface area contributed by atoms with Crippen LogP contribution < -0.4 is 9.64 Å². The Kier molecular flexibility index (Phi) is 9.27. The molecule has 214 valence electrons. The van der Waals surface area contributed by atoms with E-state index in [1.807, 2.05) is 19.2 Å². The lowest BCUT2D eigenvalue weighted by molar-refractivity contribution is -0.144. The molecule has 2 aromatic rings. The lowest BCUT2D eigenvalue weighted by atomic mass is 9.94.